The number of aromatic amines is 1. The minimum absolute atomic E-state index is 0. The highest BCUT2D eigenvalue weighted by Crippen LogP contribution is 2.34. The van der Waals surface area contributed by atoms with Crippen molar-refractivity contribution in [2.24, 2.45) is 23.3 Å². The lowest BCUT2D eigenvalue weighted by atomic mass is 9.81. The van der Waals surface area contributed by atoms with Gasteiger partial charge in [-0.05, 0) is 96.3 Å². The Kier molecular flexibility index (Phi) is 10.1. The zero-order chi connectivity index (χ0) is 31.5. The number of aryl methyl sites for hydroxylation is 1. The van der Waals surface area contributed by atoms with Gasteiger partial charge in [-0.2, -0.15) is 5.21 Å². The van der Waals surface area contributed by atoms with Gasteiger partial charge in [0.05, 0.1) is 5.56 Å². The highest BCUT2D eigenvalue weighted by molar-refractivity contribution is 6.02. The molecule has 1 saturated carbocycles. The van der Waals surface area contributed by atoms with Crippen molar-refractivity contribution in [3.05, 3.63) is 77.6 Å². The van der Waals surface area contributed by atoms with E-state index in [1.54, 1.807) is 6.07 Å². The molecule has 240 valence electrons. The van der Waals surface area contributed by atoms with Crippen molar-refractivity contribution in [1.29, 1.82) is 0 Å². The van der Waals surface area contributed by atoms with Crippen LogP contribution in [0.4, 0.5) is 15.8 Å². The van der Waals surface area contributed by atoms with Crippen LogP contribution < -0.4 is 21.7 Å². The fraction of sp³-hybridized carbons (Fsp3) is 0.333. The van der Waals surface area contributed by atoms with Crippen molar-refractivity contribution in [3.8, 4) is 22.5 Å². The maximum Gasteiger partial charge on any atom is 0.240 e. The zero-order valence-corrected chi connectivity index (χ0v) is 25.9. The summed E-state index contributed by atoms with van der Waals surface area (Å²) < 4.78 is 15.4. The predicted molar refractivity (Wildman–Crippen MR) is 174 cm³/mol. The van der Waals surface area contributed by atoms with Crippen LogP contribution in [0, 0.1) is 17.7 Å². The monoisotopic (exact) mass is 646 g/mol. The number of carbonyl (C=O) groups is 3. The molecule has 0 unspecified atom stereocenters. The molecule has 1 aliphatic heterocycles. The summed E-state index contributed by atoms with van der Waals surface area (Å²) in [6.07, 6.45) is 4.19. The Morgan fingerprint density at radius 2 is 1.72 bits per heavy atom. The third-order valence-electron chi connectivity index (χ3n) is 8.95. The summed E-state index contributed by atoms with van der Waals surface area (Å²) in [7, 11) is 0. The molecular weight excluding hydrogens is 611 g/mol. The molecule has 1 aromatic heterocycles. The van der Waals surface area contributed by atoms with E-state index in [1.165, 1.54) is 17.0 Å². The molecular formula is C33H36ClFN8O3. The number of tetrazole rings is 1. The molecule has 2 aliphatic rings. The van der Waals surface area contributed by atoms with Gasteiger partial charge in [-0.25, -0.2) is 4.39 Å². The second-order valence-corrected chi connectivity index (χ2v) is 11.8. The largest absolute Gasteiger partial charge is 0.368 e. The molecule has 13 heteroatoms. The number of halogens is 2. The van der Waals surface area contributed by atoms with E-state index < -0.39 is 17.8 Å². The molecule has 1 atom stereocenters. The number of rotatable bonds is 9. The number of amides is 3. The van der Waals surface area contributed by atoms with Crippen LogP contribution in [0.1, 0.15) is 43.2 Å². The summed E-state index contributed by atoms with van der Waals surface area (Å²) in [4.78, 5) is 40.4. The fourth-order valence-corrected chi connectivity index (χ4v) is 6.34. The summed E-state index contributed by atoms with van der Waals surface area (Å²) in [5.74, 6) is -1.54. The molecule has 1 aliphatic carbocycles. The molecule has 1 fully saturated rings. The first-order chi connectivity index (χ1) is 21.8. The van der Waals surface area contributed by atoms with Crippen LogP contribution in [0.15, 0.2) is 60.7 Å². The van der Waals surface area contributed by atoms with E-state index in [1.807, 2.05) is 42.5 Å². The molecule has 3 amide bonds. The smallest absolute Gasteiger partial charge is 0.240 e. The summed E-state index contributed by atoms with van der Waals surface area (Å²) in [5, 5.41) is 16.4. The number of hydrogen-bond donors (Lipinski definition) is 4. The molecule has 4 aromatic rings. The summed E-state index contributed by atoms with van der Waals surface area (Å²) >= 11 is 0. The number of carbonyl (C=O) groups excluding carboxylic acids is 3. The minimum Gasteiger partial charge on any atom is -0.368 e. The number of nitrogens with two attached hydrogens (primary N) is 2. The standard InChI is InChI=1S/C33H35FN8O3.ClH/c34-27-17-25(12-13-26(27)32-38-40-41-39-32)42(33(45)23-7-3-20(18-35)4-8-23)29(31(36)44)15-19-1-5-21(6-2-19)24-10-9-22-11-14-30(43)37-28(22)16-24;/h1-2,5-6,9-10,12-13,16-17,20,23,29H,3-4,7-8,11,14-15,18,35H2,(H2,36,44)(H,37,43)(H,38,39,40,41);1H/t20-,23-,29-;/m0./s1. The van der Waals surface area contributed by atoms with Crippen molar-refractivity contribution in [3.63, 3.8) is 0 Å². The van der Waals surface area contributed by atoms with E-state index in [4.69, 9.17) is 11.5 Å². The Bertz CT molecular complexity index is 1710. The highest BCUT2D eigenvalue weighted by atomic mass is 35.5. The molecule has 0 saturated heterocycles. The third kappa shape index (κ3) is 6.92. The van der Waals surface area contributed by atoms with E-state index >= 15 is 4.39 Å². The number of primary amides is 1. The summed E-state index contributed by atoms with van der Waals surface area (Å²) in [5.41, 5.74) is 16.7. The Hall–Kier alpha value is -4.68. The van der Waals surface area contributed by atoms with E-state index in [0.29, 0.717) is 38.1 Å². The van der Waals surface area contributed by atoms with E-state index in [-0.39, 0.29) is 53.6 Å². The zero-order valence-electron chi connectivity index (χ0n) is 25.1. The molecule has 3 aromatic carbocycles. The molecule has 46 heavy (non-hydrogen) atoms. The molecule has 0 radical (unpaired) electrons. The van der Waals surface area contributed by atoms with Crippen LogP contribution >= 0.6 is 12.4 Å². The predicted octanol–water partition coefficient (Wildman–Crippen LogP) is 4.17. The maximum absolute atomic E-state index is 15.4. The van der Waals surface area contributed by atoms with E-state index in [9.17, 15) is 14.4 Å². The van der Waals surface area contributed by atoms with E-state index in [0.717, 1.165) is 40.8 Å². The van der Waals surface area contributed by atoms with Crippen LogP contribution in [-0.4, -0.2) is 50.9 Å². The van der Waals surface area contributed by atoms with Crippen LogP contribution in [0.2, 0.25) is 0 Å². The van der Waals surface area contributed by atoms with Crippen LogP contribution in [0.5, 0.6) is 0 Å². The van der Waals surface area contributed by atoms with Gasteiger partial charge in [-0.15, -0.1) is 22.6 Å². The van der Waals surface area contributed by atoms with Gasteiger partial charge in [0.2, 0.25) is 23.5 Å². The van der Waals surface area contributed by atoms with Crippen molar-refractivity contribution < 1.29 is 18.8 Å². The van der Waals surface area contributed by atoms with Crippen molar-refractivity contribution in [1.82, 2.24) is 20.6 Å². The Balaban J connectivity index is 0.00000417. The minimum atomic E-state index is -1.06. The van der Waals surface area contributed by atoms with Crippen molar-refractivity contribution in [2.75, 3.05) is 16.8 Å². The van der Waals surface area contributed by atoms with Crippen LogP contribution in [-0.2, 0) is 27.2 Å². The van der Waals surface area contributed by atoms with Gasteiger partial charge >= 0.3 is 0 Å². The quantitative estimate of drug-likeness (QED) is 0.211. The number of fused-ring (bicyclic) bond motifs is 1. The molecule has 0 bridgehead atoms. The van der Waals surface area contributed by atoms with E-state index in [2.05, 4.69) is 25.9 Å². The first kappa shape index (κ1) is 32.7. The topological polar surface area (TPSA) is 173 Å². The average Bonchev–Trinajstić information content (AvgIpc) is 3.59. The third-order valence-corrected chi connectivity index (χ3v) is 8.95. The Morgan fingerprint density at radius 1 is 0.978 bits per heavy atom. The normalized spacial score (nSPS) is 18.1. The number of nitrogens with zero attached hydrogens (tertiary/aromatic N) is 4. The molecule has 11 nitrogen and oxygen atoms in total. The second-order valence-electron chi connectivity index (χ2n) is 11.8. The van der Waals surface area contributed by atoms with Gasteiger partial charge in [0.15, 0.2) is 0 Å². The van der Waals surface area contributed by atoms with Crippen LogP contribution in [0.25, 0.3) is 22.5 Å². The lowest BCUT2D eigenvalue weighted by molar-refractivity contribution is -0.127. The summed E-state index contributed by atoms with van der Waals surface area (Å²) in [6, 6.07) is 16.8. The number of H-pyrrole nitrogens is 1. The number of hydrogen-bond acceptors (Lipinski definition) is 7. The van der Waals surface area contributed by atoms with Gasteiger partial charge in [-0.3, -0.25) is 19.3 Å². The lowest BCUT2D eigenvalue weighted by Gasteiger charge is -2.35. The fourth-order valence-electron chi connectivity index (χ4n) is 6.34. The molecule has 0 spiro atoms. The SMILES string of the molecule is Cl.NC[C@H]1CC[C@H](C(=O)N(c2ccc(-c3nn[nH]n3)c(F)c2)[C@@H](Cc2ccc(-c3ccc4c(c3)NC(=O)CC4)cc2)C(N)=O)CC1. The molecule has 2 heterocycles. The summed E-state index contributed by atoms with van der Waals surface area (Å²) in [6.45, 7) is 0.563. The molecule has 6 rings (SSSR count). The lowest BCUT2D eigenvalue weighted by Crippen LogP contribution is -2.52. The first-order valence-corrected chi connectivity index (χ1v) is 15.2. The number of anilines is 2. The van der Waals surface area contributed by atoms with Gasteiger partial charge < -0.3 is 16.8 Å². The number of nitrogens with one attached hydrogen (secondary N) is 2. The second kappa shape index (κ2) is 14.2. The molecule has 6 N–H and O–H groups in total. The van der Waals surface area contributed by atoms with Crippen LogP contribution in [0.3, 0.4) is 0 Å². The number of benzene rings is 3. The first-order valence-electron chi connectivity index (χ1n) is 15.2. The maximum atomic E-state index is 15.4. The van der Waals surface area contributed by atoms with Gasteiger partial charge in [-0.1, -0.05) is 36.4 Å². The average molecular weight is 647 g/mol. The van der Waals surface area contributed by atoms with Crippen molar-refractivity contribution in [2.45, 2.75) is 51.0 Å². The highest BCUT2D eigenvalue weighted by Gasteiger charge is 2.36. The number of aromatic nitrogens is 4. The van der Waals surface area contributed by atoms with Gasteiger partial charge in [0.1, 0.15) is 11.9 Å². The van der Waals surface area contributed by atoms with Gasteiger partial charge in [0.25, 0.3) is 0 Å². The van der Waals surface area contributed by atoms with Crippen molar-refractivity contribution >= 4 is 41.5 Å². The van der Waals surface area contributed by atoms with Gasteiger partial charge in [0, 0.05) is 30.1 Å². The Morgan fingerprint density at radius 3 is 2.37 bits per heavy atom. The Labute approximate surface area is 271 Å².